The van der Waals surface area contributed by atoms with Gasteiger partial charge in [0.2, 0.25) is 0 Å². The molecule has 8 heavy (non-hydrogen) atoms. The summed E-state index contributed by atoms with van der Waals surface area (Å²) in [6.45, 7) is 3.28. The van der Waals surface area contributed by atoms with Crippen molar-refractivity contribution in [3.8, 4) is 0 Å². The average molecular weight is 119 g/mol. The van der Waals surface area contributed by atoms with Crippen LogP contribution < -0.4 is 5.73 Å². The van der Waals surface area contributed by atoms with Crippen LogP contribution in [0.3, 0.4) is 0 Å². The highest BCUT2D eigenvalue weighted by molar-refractivity contribution is 5.68. The fourth-order valence-electron chi connectivity index (χ4n) is 0. The maximum Gasteiger partial charge on any atom is 0.305 e. The van der Waals surface area contributed by atoms with Gasteiger partial charge in [-0.25, -0.2) is 0 Å². The molecule has 3 heteroatoms. The van der Waals surface area contributed by atoms with E-state index < -0.39 is 5.97 Å². The number of nitrogens with two attached hydrogens (primary N) is 1. The fourth-order valence-corrected chi connectivity index (χ4v) is 0. The molecular formula is C5H13NO2. The van der Waals surface area contributed by atoms with Gasteiger partial charge in [0, 0.05) is 0 Å². The highest BCUT2D eigenvalue weighted by atomic mass is 16.4. The summed E-state index contributed by atoms with van der Waals surface area (Å²) in [4.78, 5) is 9.70. The Kier molecular flexibility index (Phi) is 8.37. The Morgan fingerprint density at radius 3 is 1.62 bits per heavy atom. The summed E-state index contributed by atoms with van der Waals surface area (Å²) in [6.07, 6.45) is 0. The summed E-state index contributed by atoms with van der Waals surface area (Å²) in [7, 11) is 1.50. The number of carboxylic acid groups (broad SMARTS) is 1. The molecule has 0 spiro atoms. The van der Waals surface area contributed by atoms with E-state index in [0.29, 0.717) is 0 Å². The lowest BCUT2D eigenvalue weighted by atomic mass is 10.2. The molecule has 3 nitrogen and oxygen atoms in total. The molecule has 0 aromatic heterocycles. The van der Waals surface area contributed by atoms with E-state index in [1.165, 1.54) is 7.05 Å². The second kappa shape index (κ2) is 6.43. The maximum absolute atomic E-state index is 9.70. The fraction of sp³-hybridized carbons (Fsp3) is 0.800. The molecule has 0 radical (unpaired) electrons. The smallest absolute Gasteiger partial charge is 0.305 e. The van der Waals surface area contributed by atoms with Gasteiger partial charge in [-0.3, -0.25) is 4.79 Å². The average Bonchev–Trinajstić information content (AvgIpc) is 1.72. The van der Waals surface area contributed by atoms with Crippen molar-refractivity contribution in [1.82, 2.24) is 0 Å². The van der Waals surface area contributed by atoms with Crippen molar-refractivity contribution < 1.29 is 9.90 Å². The van der Waals surface area contributed by atoms with Crippen molar-refractivity contribution in [1.29, 1.82) is 0 Å². The van der Waals surface area contributed by atoms with Gasteiger partial charge >= 0.3 is 5.97 Å². The Hall–Kier alpha value is -0.570. The van der Waals surface area contributed by atoms with Crippen molar-refractivity contribution in [3.63, 3.8) is 0 Å². The third kappa shape index (κ3) is 9.06. The van der Waals surface area contributed by atoms with E-state index in [9.17, 15) is 4.79 Å². The minimum absolute atomic E-state index is 0.231. The summed E-state index contributed by atoms with van der Waals surface area (Å²) in [5.41, 5.74) is 4.50. The zero-order valence-corrected chi connectivity index (χ0v) is 5.51. The topological polar surface area (TPSA) is 63.3 Å². The van der Waals surface area contributed by atoms with Crippen LogP contribution in [-0.4, -0.2) is 18.1 Å². The SMILES string of the molecule is CC(C)C(=O)O.CN. The Labute approximate surface area is 49.5 Å². The van der Waals surface area contributed by atoms with Crippen LogP contribution in [0.25, 0.3) is 0 Å². The molecule has 0 aliphatic carbocycles. The van der Waals surface area contributed by atoms with E-state index in [4.69, 9.17) is 5.11 Å². The first-order valence-corrected chi connectivity index (χ1v) is 2.45. The lowest BCUT2D eigenvalue weighted by Crippen LogP contribution is -2.03. The first-order chi connectivity index (χ1) is 3.64. The monoisotopic (exact) mass is 119 g/mol. The molecule has 0 aromatic rings. The normalized spacial score (nSPS) is 7.62. The van der Waals surface area contributed by atoms with E-state index in [2.05, 4.69) is 5.73 Å². The Morgan fingerprint density at radius 1 is 1.50 bits per heavy atom. The molecule has 0 atom stereocenters. The van der Waals surface area contributed by atoms with E-state index in [0.717, 1.165) is 0 Å². The van der Waals surface area contributed by atoms with Gasteiger partial charge in [-0.1, -0.05) is 13.8 Å². The Morgan fingerprint density at radius 2 is 1.62 bits per heavy atom. The first kappa shape index (κ1) is 10.4. The Bertz CT molecular complexity index is 61.4. The van der Waals surface area contributed by atoms with Gasteiger partial charge in [-0.2, -0.15) is 0 Å². The number of rotatable bonds is 1. The van der Waals surface area contributed by atoms with Crippen molar-refractivity contribution in [2.45, 2.75) is 13.8 Å². The summed E-state index contributed by atoms with van der Waals surface area (Å²) >= 11 is 0. The third-order valence-electron chi connectivity index (χ3n) is 0.494. The van der Waals surface area contributed by atoms with Gasteiger partial charge in [0.1, 0.15) is 0 Å². The van der Waals surface area contributed by atoms with Crippen molar-refractivity contribution in [2.75, 3.05) is 7.05 Å². The maximum atomic E-state index is 9.70. The van der Waals surface area contributed by atoms with Crippen LogP contribution in [0.1, 0.15) is 13.8 Å². The molecule has 0 heterocycles. The molecule has 0 bridgehead atoms. The van der Waals surface area contributed by atoms with Crippen LogP contribution in [0.4, 0.5) is 0 Å². The quantitative estimate of drug-likeness (QED) is 0.522. The number of hydrogen-bond acceptors (Lipinski definition) is 2. The largest absolute Gasteiger partial charge is 0.481 e. The zero-order valence-electron chi connectivity index (χ0n) is 5.51. The first-order valence-electron chi connectivity index (χ1n) is 2.45. The summed E-state index contributed by atoms with van der Waals surface area (Å²) in [5, 5.41) is 7.99. The lowest BCUT2D eigenvalue weighted by molar-refractivity contribution is -0.140. The summed E-state index contributed by atoms with van der Waals surface area (Å²) < 4.78 is 0. The zero-order chi connectivity index (χ0) is 7.15. The minimum Gasteiger partial charge on any atom is -0.481 e. The molecule has 0 saturated carbocycles. The number of carboxylic acids is 1. The molecule has 0 saturated heterocycles. The number of aliphatic carboxylic acids is 1. The van der Waals surface area contributed by atoms with Gasteiger partial charge in [-0.05, 0) is 7.05 Å². The molecule has 0 aliphatic heterocycles. The third-order valence-corrected chi connectivity index (χ3v) is 0.494. The molecule has 0 amide bonds. The molecule has 0 rings (SSSR count). The molecule has 50 valence electrons. The molecule has 0 fully saturated rings. The predicted molar refractivity (Wildman–Crippen MR) is 32.6 cm³/mol. The highest BCUT2D eigenvalue weighted by Gasteiger charge is 1.99. The Balaban J connectivity index is 0. The van der Waals surface area contributed by atoms with Gasteiger partial charge in [0.05, 0.1) is 5.92 Å². The van der Waals surface area contributed by atoms with Crippen LogP contribution in [0, 0.1) is 5.92 Å². The number of carbonyl (C=O) groups is 1. The van der Waals surface area contributed by atoms with Gasteiger partial charge < -0.3 is 10.8 Å². The molecule has 3 N–H and O–H groups in total. The molecule has 0 aromatic carbocycles. The predicted octanol–water partition coefficient (Wildman–Crippen LogP) is 0.302. The highest BCUT2D eigenvalue weighted by Crippen LogP contribution is 1.87. The van der Waals surface area contributed by atoms with Crippen LogP contribution in [-0.2, 0) is 4.79 Å². The molecular weight excluding hydrogens is 106 g/mol. The minimum atomic E-state index is -0.741. The van der Waals surface area contributed by atoms with Crippen LogP contribution in [0.2, 0.25) is 0 Å². The molecule has 0 unspecified atom stereocenters. The van der Waals surface area contributed by atoms with E-state index >= 15 is 0 Å². The standard InChI is InChI=1S/C4H8O2.CH5N/c1-3(2)4(5)6;1-2/h3H,1-2H3,(H,5,6);2H2,1H3. The van der Waals surface area contributed by atoms with Crippen molar-refractivity contribution in [3.05, 3.63) is 0 Å². The van der Waals surface area contributed by atoms with E-state index in [1.807, 2.05) is 0 Å². The number of hydrogen-bond donors (Lipinski definition) is 2. The van der Waals surface area contributed by atoms with Gasteiger partial charge in [0.15, 0.2) is 0 Å². The van der Waals surface area contributed by atoms with Crippen LogP contribution in [0.15, 0.2) is 0 Å². The van der Waals surface area contributed by atoms with Crippen LogP contribution >= 0.6 is 0 Å². The summed E-state index contributed by atoms with van der Waals surface area (Å²) in [6, 6.07) is 0. The second-order valence-electron chi connectivity index (χ2n) is 1.49. The summed E-state index contributed by atoms with van der Waals surface area (Å²) in [5.74, 6) is -0.972. The van der Waals surface area contributed by atoms with Crippen molar-refractivity contribution >= 4 is 5.97 Å². The second-order valence-corrected chi connectivity index (χ2v) is 1.49. The van der Waals surface area contributed by atoms with Crippen LogP contribution in [0.5, 0.6) is 0 Å². The van der Waals surface area contributed by atoms with E-state index in [-0.39, 0.29) is 5.92 Å². The van der Waals surface area contributed by atoms with E-state index in [1.54, 1.807) is 13.8 Å². The lowest BCUT2D eigenvalue weighted by Gasteiger charge is -1.89. The van der Waals surface area contributed by atoms with Gasteiger partial charge in [0.25, 0.3) is 0 Å². The van der Waals surface area contributed by atoms with Crippen molar-refractivity contribution in [2.24, 2.45) is 11.7 Å². The molecule has 0 aliphatic rings. The van der Waals surface area contributed by atoms with Gasteiger partial charge in [-0.15, -0.1) is 0 Å².